The number of carbonyl (C=O) groups excluding carboxylic acids is 1. The molecule has 98 valence electrons. The van der Waals surface area contributed by atoms with Gasteiger partial charge in [-0.3, -0.25) is 4.79 Å². The van der Waals surface area contributed by atoms with Gasteiger partial charge in [0.1, 0.15) is 13.2 Å². The highest BCUT2D eigenvalue weighted by molar-refractivity contribution is 9.10. The maximum Gasteiger partial charge on any atom is 0.241 e. The first-order chi connectivity index (χ1) is 8.61. The van der Waals surface area contributed by atoms with Crippen molar-refractivity contribution in [2.24, 2.45) is 5.73 Å². The fraction of sp³-hybridized carbons (Fsp3) is 0.417. The van der Waals surface area contributed by atoms with Gasteiger partial charge in [-0.05, 0) is 22.4 Å². The molecule has 1 amide bonds. The van der Waals surface area contributed by atoms with Crippen LogP contribution in [0.3, 0.4) is 0 Å². The van der Waals surface area contributed by atoms with E-state index < -0.39 is 6.04 Å². The van der Waals surface area contributed by atoms with Crippen molar-refractivity contribution < 1.29 is 14.3 Å². The van der Waals surface area contributed by atoms with Gasteiger partial charge < -0.3 is 20.5 Å². The van der Waals surface area contributed by atoms with Gasteiger partial charge in [0, 0.05) is 16.6 Å². The van der Waals surface area contributed by atoms with Gasteiger partial charge in [-0.15, -0.1) is 0 Å². The summed E-state index contributed by atoms with van der Waals surface area (Å²) in [6, 6.07) is 3.01. The van der Waals surface area contributed by atoms with Crippen molar-refractivity contribution >= 4 is 27.5 Å². The van der Waals surface area contributed by atoms with Crippen LogP contribution in [0.1, 0.15) is 13.3 Å². The zero-order chi connectivity index (χ0) is 13.1. The molecule has 0 radical (unpaired) electrons. The van der Waals surface area contributed by atoms with Crippen molar-refractivity contribution in [1.29, 1.82) is 0 Å². The summed E-state index contributed by atoms with van der Waals surface area (Å²) in [5.74, 6) is 1.09. The molecule has 0 fully saturated rings. The average Bonchev–Trinajstić information content (AvgIpc) is 2.38. The summed E-state index contributed by atoms with van der Waals surface area (Å²) < 4.78 is 11.6. The molecule has 1 aromatic carbocycles. The van der Waals surface area contributed by atoms with Gasteiger partial charge in [0.25, 0.3) is 0 Å². The highest BCUT2D eigenvalue weighted by atomic mass is 79.9. The van der Waals surface area contributed by atoms with Crippen LogP contribution in [-0.4, -0.2) is 25.2 Å². The Kier molecular flexibility index (Phi) is 4.08. The Hall–Kier alpha value is -1.27. The molecule has 5 nitrogen and oxygen atoms in total. The summed E-state index contributed by atoms with van der Waals surface area (Å²) in [5, 5.41) is 2.76. The van der Waals surface area contributed by atoms with Crippen molar-refractivity contribution in [3.8, 4) is 11.5 Å². The van der Waals surface area contributed by atoms with E-state index in [4.69, 9.17) is 15.2 Å². The van der Waals surface area contributed by atoms with E-state index in [9.17, 15) is 4.79 Å². The summed E-state index contributed by atoms with van der Waals surface area (Å²) in [6.45, 7) is 2.91. The normalized spacial score (nSPS) is 15.1. The van der Waals surface area contributed by atoms with Gasteiger partial charge in [0.15, 0.2) is 11.5 Å². The molecular weight excluding hydrogens is 300 g/mol. The Morgan fingerprint density at radius 3 is 2.67 bits per heavy atom. The number of rotatable bonds is 3. The van der Waals surface area contributed by atoms with Crippen molar-refractivity contribution in [1.82, 2.24) is 0 Å². The number of hydrogen-bond acceptors (Lipinski definition) is 4. The van der Waals surface area contributed by atoms with Gasteiger partial charge in [0.2, 0.25) is 5.91 Å². The molecule has 0 saturated carbocycles. The van der Waals surface area contributed by atoms with Gasteiger partial charge in [0.05, 0.1) is 11.7 Å². The molecule has 1 aliphatic heterocycles. The Morgan fingerprint density at radius 2 is 2.06 bits per heavy atom. The number of nitrogens with one attached hydrogen (secondary N) is 1. The SMILES string of the molecule is CC[C@@H](N)C(=O)Nc1cc2c(cc1Br)OCCO2. The first-order valence-electron chi connectivity index (χ1n) is 5.77. The number of amides is 1. The quantitative estimate of drug-likeness (QED) is 0.893. The minimum absolute atomic E-state index is 0.213. The summed E-state index contributed by atoms with van der Waals surface area (Å²) in [6.07, 6.45) is 0.591. The minimum Gasteiger partial charge on any atom is -0.486 e. The number of nitrogens with two attached hydrogens (primary N) is 1. The number of hydrogen-bond donors (Lipinski definition) is 2. The third-order valence-electron chi connectivity index (χ3n) is 2.67. The lowest BCUT2D eigenvalue weighted by Gasteiger charge is -2.20. The Morgan fingerprint density at radius 1 is 1.44 bits per heavy atom. The maximum atomic E-state index is 11.7. The van der Waals surface area contributed by atoms with Crippen LogP contribution >= 0.6 is 15.9 Å². The third-order valence-corrected chi connectivity index (χ3v) is 3.32. The van der Waals surface area contributed by atoms with Gasteiger partial charge in [-0.25, -0.2) is 0 Å². The molecule has 1 aliphatic rings. The molecule has 3 N–H and O–H groups in total. The van der Waals surface area contributed by atoms with Crippen molar-refractivity contribution in [3.05, 3.63) is 16.6 Å². The molecule has 0 aromatic heterocycles. The Bertz CT molecular complexity index is 465. The highest BCUT2D eigenvalue weighted by Crippen LogP contribution is 2.38. The van der Waals surface area contributed by atoms with E-state index in [2.05, 4.69) is 21.2 Å². The predicted octanol–water partition coefficient (Wildman–Crippen LogP) is 1.90. The second kappa shape index (κ2) is 5.58. The largest absolute Gasteiger partial charge is 0.486 e. The molecule has 0 unspecified atom stereocenters. The zero-order valence-electron chi connectivity index (χ0n) is 10.0. The second-order valence-corrected chi connectivity index (χ2v) is 4.83. The van der Waals surface area contributed by atoms with Gasteiger partial charge >= 0.3 is 0 Å². The standard InChI is InChI=1S/C12H15BrN2O3/c1-2-8(14)12(16)15-9-6-11-10(5-7(9)13)17-3-4-18-11/h5-6,8H,2-4,14H2,1H3,(H,15,16)/t8-/m1/s1. The van der Waals surface area contributed by atoms with Crippen molar-refractivity contribution in [3.63, 3.8) is 0 Å². The van der Waals surface area contributed by atoms with Crippen LogP contribution in [0, 0.1) is 0 Å². The number of ether oxygens (including phenoxy) is 2. The summed E-state index contributed by atoms with van der Waals surface area (Å²) >= 11 is 3.38. The number of fused-ring (bicyclic) bond motifs is 1. The third kappa shape index (κ3) is 2.76. The van der Waals surface area contributed by atoms with Crippen LogP contribution in [0.4, 0.5) is 5.69 Å². The molecular formula is C12H15BrN2O3. The first-order valence-corrected chi connectivity index (χ1v) is 6.56. The smallest absolute Gasteiger partial charge is 0.241 e. The molecule has 18 heavy (non-hydrogen) atoms. The van der Waals surface area contributed by atoms with Crippen LogP contribution in [0.25, 0.3) is 0 Å². The average molecular weight is 315 g/mol. The molecule has 0 saturated heterocycles. The maximum absolute atomic E-state index is 11.7. The van der Waals surface area contributed by atoms with Crippen LogP contribution in [0.15, 0.2) is 16.6 Å². The summed E-state index contributed by atoms with van der Waals surface area (Å²) in [5.41, 5.74) is 6.30. The van der Waals surface area contributed by atoms with Crippen LogP contribution in [0.5, 0.6) is 11.5 Å². The van der Waals surface area contributed by atoms with E-state index in [1.165, 1.54) is 0 Å². The van der Waals surface area contributed by atoms with Crippen LogP contribution < -0.4 is 20.5 Å². The summed E-state index contributed by atoms with van der Waals surface area (Å²) in [7, 11) is 0. The zero-order valence-corrected chi connectivity index (χ0v) is 11.6. The van der Waals surface area contributed by atoms with Gasteiger partial charge in [-0.1, -0.05) is 6.92 Å². The Balaban J connectivity index is 2.20. The number of anilines is 1. The predicted molar refractivity (Wildman–Crippen MR) is 72.0 cm³/mol. The van der Waals surface area contributed by atoms with Gasteiger partial charge in [-0.2, -0.15) is 0 Å². The highest BCUT2D eigenvalue weighted by Gasteiger charge is 2.17. The van der Waals surface area contributed by atoms with Crippen LogP contribution in [-0.2, 0) is 4.79 Å². The van der Waals surface area contributed by atoms with E-state index in [0.717, 1.165) is 4.47 Å². The second-order valence-electron chi connectivity index (χ2n) is 3.98. The van der Waals surface area contributed by atoms with E-state index in [0.29, 0.717) is 36.8 Å². The van der Waals surface area contributed by atoms with E-state index >= 15 is 0 Å². The number of benzene rings is 1. The lowest BCUT2D eigenvalue weighted by Crippen LogP contribution is -2.34. The molecule has 0 spiro atoms. The first kappa shape index (κ1) is 13.2. The van der Waals surface area contributed by atoms with Crippen molar-refractivity contribution in [2.45, 2.75) is 19.4 Å². The molecule has 6 heteroatoms. The van der Waals surface area contributed by atoms with E-state index in [-0.39, 0.29) is 5.91 Å². The molecule has 2 rings (SSSR count). The van der Waals surface area contributed by atoms with E-state index in [1.54, 1.807) is 12.1 Å². The molecule has 0 bridgehead atoms. The lowest BCUT2D eigenvalue weighted by atomic mass is 10.2. The minimum atomic E-state index is -0.509. The number of carbonyl (C=O) groups is 1. The molecule has 1 atom stereocenters. The molecule has 1 aromatic rings. The van der Waals surface area contributed by atoms with Crippen LogP contribution in [0.2, 0.25) is 0 Å². The molecule has 0 aliphatic carbocycles. The molecule has 1 heterocycles. The van der Waals surface area contributed by atoms with E-state index in [1.807, 2.05) is 6.92 Å². The Labute approximate surface area is 114 Å². The number of halogens is 1. The lowest BCUT2D eigenvalue weighted by molar-refractivity contribution is -0.117. The fourth-order valence-corrected chi connectivity index (χ4v) is 1.99. The summed E-state index contributed by atoms with van der Waals surface area (Å²) in [4.78, 5) is 11.7. The fourth-order valence-electron chi connectivity index (χ4n) is 1.57. The van der Waals surface area contributed by atoms with Crippen molar-refractivity contribution in [2.75, 3.05) is 18.5 Å². The monoisotopic (exact) mass is 314 g/mol. The topological polar surface area (TPSA) is 73.6 Å².